The fourth-order valence-corrected chi connectivity index (χ4v) is 8.91. The number of urea groups is 1. The van der Waals surface area contributed by atoms with Crippen LogP contribution in [0.3, 0.4) is 0 Å². The van der Waals surface area contributed by atoms with Crippen LogP contribution < -0.4 is 9.64 Å². The number of amides is 4. The molecule has 2 saturated heterocycles. The van der Waals surface area contributed by atoms with Gasteiger partial charge in [0.2, 0.25) is 0 Å². The number of aromatic nitrogens is 2. The Labute approximate surface area is 413 Å². The Morgan fingerprint density at radius 1 is 0.704 bits per heavy atom. The van der Waals surface area contributed by atoms with Crippen molar-refractivity contribution in [1.29, 1.82) is 0 Å². The van der Waals surface area contributed by atoms with Crippen LogP contribution in [-0.4, -0.2) is 101 Å². The van der Waals surface area contributed by atoms with Gasteiger partial charge in [-0.25, -0.2) is 19.2 Å². The Hall–Kier alpha value is -6.30. The highest BCUT2D eigenvalue weighted by atomic mass is 31.2. The predicted molar refractivity (Wildman–Crippen MR) is 264 cm³/mol. The number of anilines is 1. The summed E-state index contributed by atoms with van der Waals surface area (Å²) in [6.45, 7) is 18.5. The standard InChI is InChI=1S/C52H64N5O13P/c1-49(2,3)68-46(59)56(47(60)69-50(4,5)6)44-38-28-35(25-26-39(38)57(53-44)48(61)70-51(7,8)9)30-54-40(29-33-19-14-12-15-20-33)42-43(67-52(10,11)66-42)41(36-22-16-13-17-23-36)55(45(54)58)31-34-21-18-24-37(27-34)65-32-71(62,63)64/h12-28,40-43H,29-32H2,1-11H3,(H2,62,63,64)/t40-,41?,42+,43+/m1/s1. The molecule has 0 saturated carbocycles. The van der Waals surface area contributed by atoms with Gasteiger partial charge < -0.3 is 48.0 Å². The zero-order valence-electron chi connectivity index (χ0n) is 42.0. The molecule has 380 valence electrons. The van der Waals surface area contributed by atoms with E-state index in [2.05, 4.69) is 5.10 Å². The van der Waals surface area contributed by atoms with Gasteiger partial charge in [-0.2, -0.15) is 9.58 Å². The number of hydrogen-bond donors (Lipinski definition) is 2. The number of carbonyl (C=O) groups is 4. The molecule has 2 aliphatic heterocycles. The van der Waals surface area contributed by atoms with E-state index in [1.165, 1.54) is 0 Å². The second kappa shape index (κ2) is 20.1. The largest absolute Gasteiger partial charge is 0.481 e. The first-order chi connectivity index (χ1) is 33.0. The van der Waals surface area contributed by atoms with Crippen LogP contribution in [0.1, 0.15) is 104 Å². The number of hydrogen-bond acceptors (Lipinski definition) is 12. The summed E-state index contributed by atoms with van der Waals surface area (Å²) in [5, 5.41) is 4.71. The van der Waals surface area contributed by atoms with E-state index in [0.29, 0.717) is 22.4 Å². The maximum absolute atomic E-state index is 16.0. The SMILES string of the molecule is CC(C)(C)OC(=O)N(C(=O)OC(C)(C)C)c1nn(C(=O)OC(C)(C)C)c2ccc(CN3C(=O)N(Cc4cccc(OCP(=O)(O)O)c4)C(c4ccccc4)[C@@H]4OC(C)(C)O[C@H]4[C@H]3Cc3ccccc3)cc12. The van der Waals surface area contributed by atoms with E-state index in [0.717, 1.165) is 15.8 Å². The lowest BCUT2D eigenvalue weighted by atomic mass is 9.90. The Morgan fingerprint density at radius 3 is 1.85 bits per heavy atom. The van der Waals surface area contributed by atoms with Gasteiger partial charge in [-0.05, 0) is 129 Å². The van der Waals surface area contributed by atoms with E-state index >= 15 is 4.79 Å². The van der Waals surface area contributed by atoms with Crippen LogP contribution in [0.15, 0.2) is 103 Å². The molecule has 4 amide bonds. The zero-order valence-corrected chi connectivity index (χ0v) is 42.9. The van der Waals surface area contributed by atoms with E-state index in [-0.39, 0.29) is 35.6 Å². The van der Waals surface area contributed by atoms with Gasteiger partial charge in [0.1, 0.15) is 34.8 Å². The molecule has 0 bridgehead atoms. The van der Waals surface area contributed by atoms with Crippen molar-refractivity contribution in [3.8, 4) is 5.75 Å². The summed E-state index contributed by atoms with van der Waals surface area (Å²) in [5.74, 6) is -1.17. The van der Waals surface area contributed by atoms with Crippen molar-refractivity contribution in [3.05, 3.63) is 125 Å². The molecule has 0 aliphatic carbocycles. The Balaban J connectivity index is 1.42. The molecule has 19 heteroatoms. The Bertz CT molecular complexity index is 2770. The minimum Gasteiger partial charge on any atom is -0.481 e. The molecule has 71 heavy (non-hydrogen) atoms. The first kappa shape index (κ1) is 52.5. The molecular weight excluding hydrogens is 934 g/mol. The van der Waals surface area contributed by atoms with Gasteiger partial charge in [-0.1, -0.05) is 78.9 Å². The predicted octanol–water partition coefficient (Wildman–Crippen LogP) is 10.3. The van der Waals surface area contributed by atoms with Crippen molar-refractivity contribution in [1.82, 2.24) is 19.6 Å². The van der Waals surface area contributed by atoms with Crippen molar-refractivity contribution < 1.29 is 62.0 Å². The monoisotopic (exact) mass is 997 g/mol. The molecule has 1 unspecified atom stereocenters. The Morgan fingerprint density at radius 2 is 1.25 bits per heavy atom. The molecule has 2 fully saturated rings. The summed E-state index contributed by atoms with van der Waals surface area (Å²) >= 11 is 0. The fraction of sp³-hybridized carbons (Fsp3) is 0.442. The summed E-state index contributed by atoms with van der Waals surface area (Å²) in [5.41, 5.74) is -0.0881. The molecule has 2 aliphatic rings. The molecule has 0 radical (unpaired) electrons. The van der Waals surface area contributed by atoms with Gasteiger partial charge in [-0.15, -0.1) is 5.10 Å². The molecule has 7 rings (SSSR count). The molecule has 4 atom stereocenters. The summed E-state index contributed by atoms with van der Waals surface area (Å²) < 4.78 is 49.2. The van der Waals surface area contributed by atoms with Crippen LogP contribution in [0.5, 0.6) is 5.75 Å². The first-order valence-electron chi connectivity index (χ1n) is 23.3. The highest BCUT2D eigenvalue weighted by molar-refractivity contribution is 7.51. The van der Waals surface area contributed by atoms with Crippen LogP contribution in [0.25, 0.3) is 10.9 Å². The van der Waals surface area contributed by atoms with Gasteiger partial charge in [-0.3, -0.25) is 4.57 Å². The topological polar surface area (TPSA) is 209 Å². The third-order valence-corrected chi connectivity index (χ3v) is 11.6. The summed E-state index contributed by atoms with van der Waals surface area (Å²) in [4.78, 5) is 81.4. The Kier molecular flexibility index (Phi) is 14.8. The number of carbonyl (C=O) groups excluding carboxylic acids is 4. The highest BCUT2D eigenvalue weighted by Crippen LogP contribution is 2.45. The average molecular weight is 998 g/mol. The van der Waals surface area contributed by atoms with Crippen molar-refractivity contribution >= 4 is 48.6 Å². The van der Waals surface area contributed by atoms with E-state index in [1.807, 2.05) is 74.5 Å². The van der Waals surface area contributed by atoms with Crippen molar-refractivity contribution in [2.75, 3.05) is 11.2 Å². The zero-order chi connectivity index (χ0) is 51.8. The maximum Gasteiger partial charge on any atom is 0.435 e. The molecule has 18 nitrogen and oxygen atoms in total. The molecule has 3 heterocycles. The van der Waals surface area contributed by atoms with Crippen molar-refractivity contribution in [2.45, 2.75) is 143 Å². The van der Waals surface area contributed by atoms with Gasteiger partial charge in [0, 0.05) is 18.5 Å². The lowest BCUT2D eigenvalue weighted by Crippen LogP contribution is -2.50. The van der Waals surface area contributed by atoms with E-state index in [4.69, 9.17) is 28.4 Å². The lowest BCUT2D eigenvalue weighted by molar-refractivity contribution is -0.158. The minimum atomic E-state index is -4.51. The molecule has 2 N–H and O–H groups in total. The summed E-state index contributed by atoms with van der Waals surface area (Å²) in [6.07, 6.45) is -5.03. The molecular formula is C52H64N5O13P. The van der Waals surface area contributed by atoms with Crippen LogP contribution in [0, 0.1) is 0 Å². The number of benzene rings is 4. The highest BCUT2D eigenvalue weighted by Gasteiger charge is 2.56. The number of nitrogens with zero attached hydrogens (tertiary/aromatic N) is 5. The second-order valence-electron chi connectivity index (χ2n) is 21.2. The maximum atomic E-state index is 16.0. The third kappa shape index (κ3) is 13.2. The summed E-state index contributed by atoms with van der Waals surface area (Å²) in [7, 11) is -4.51. The van der Waals surface area contributed by atoms with Crippen molar-refractivity contribution in [3.63, 3.8) is 0 Å². The van der Waals surface area contributed by atoms with E-state index in [1.54, 1.807) is 115 Å². The van der Waals surface area contributed by atoms with Gasteiger partial charge in [0.25, 0.3) is 0 Å². The average Bonchev–Trinajstić information content (AvgIpc) is 3.76. The number of rotatable bonds is 11. The third-order valence-electron chi connectivity index (χ3n) is 11.2. The van der Waals surface area contributed by atoms with Crippen LogP contribution >= 0.6 is 7.60 Å². The molecule has 4 aromatic carbocycles. The molecule has 1 aromatic heterocycles. The number of fused-ring (bicyclic) bond motifs is 2. The van der Waals surface area contributed by atoms with Gasteiger partial charge >= 0.3 is 31.9 Å². The smallest absolute Gasteiger partial charge is 0.435 e. The van der Waals surface area contributed by atoms with Gasteiger partial charge in [0.15, 0.2) is 18.0 Å². The van der Waals surface area contributed by atoms with Crippen LogP contribution in [-0.2, 0) is 47.8 Å². The lowest BCUT2D eigenvalue weighted by Gasteiger charge is -2.37. The molecule has 0 spiro atoms. The normalized spacial score (nSPS) is 19.5. The quantitative estimate of drug-likeness (QED) is 0.0932. The number of ether oxygens (including phenoxy) is 6. The second-order valence-corrected chi connectivity index (χ2v) is 22.8. The van der Waals surface area contributed by atoms with Gasteiger partial charge in [0.05, 0.1) is 17.6 Å². The molecule has 5 aromatic rings. The van der Waals surface area contributed by atoms with Crippen molar-refractivity contribution in [2.24, 2.45) is 0 Å². The first-order valence-corrected chi connectivity index (χ1v) is 25.1. The summed E-state index contributed by atoms with van der Waals surface area (Å²) in [6, 6.07) is 29.1. The number of imide groups is 1. The van der Waals surface area contributed by atoms with Crippen LogP contribution in [0.2, 0.25) is 0 Å². The van der Waals surface area contributed by atoms with E-state index in [9.17, 15) is 28.7 Å². The fourth-order valence-electron chi connectivity index (χ4n) is 8.60. The van der Waals surface area contributed by atoms with Crippen LogP contribution in [0.4, 0.5) is 25.0 Å². The van der Waals surface area contributed by atoms with E-state index < -0.39 is 85.1 Å². The minimum absolute atomic E-state index is 0.000348.